The average Bonchev–Trinajstić information content (AvgIpc) is 3.07. The summed E-state index contributed by atoms with van der Waals surface area (Å²) in [5.74, 6) is -1.85. The minimum atomic E-state index is -1.16. The van der Waals surface area contributed by atoms with Gasteiger partial charge < -0.3 is 4.42 Å². The van der Waals surface area contributed by atoms with Crippen molar-refractivity contribution in [3.63, 3.8) is 0 Å². The highest BCUT2D eigenvalue weighted by atomic mass is 16.3. The summed E-state index contributed by atoms with van der Waals surface area (Å²) >= 11 is 0. The molecule has 0 saturated carbocycles. The SMILES string of the molecule is Cc1ccc(N2C(=O)NC(=O)[C@@H](C=NCc3ccco3)C2=O)cc1C. The molecule has 1 N–H and O–H groups in total. The lowest BCUT2D eigenvalue weighted by Gasteiger charge is -2.28. The van der Waals surface area contributed by atoms with Crippen molar-refractivity contribution < 1.29 is 18.8 Å². The number of carbonyl (C=O) groups excluding carboxylic acids is 3. The summed E-state index contributed by atoms with van der Waals surface area (Å²) < 4.78 is 5.14. The molecule has 1 aliphatic rings. The Bertz CT molecular complexity index is 855. The Hall–Kier alpha value is -3.22. The summed E-state index contributed by atoms with van der Waals surface area (Å²) in [5, 5.41) is 2.20. The molecule has 2 heterocycles. The summed E-state index contributed by atoms with van der Waals surface area (Å²) in [7, 11) is 0. The fourth-order valence-electron chi connectivity index (χ4n) is 2.48. The monoisotopic (exact) mass is 339 g/mol. The highest BCUT2D eigenvalue weighted by Gasteiger charge is 2.40. The van der Waals surface area contributed by atoms with Gasteiger partial charge in [0.25, 0.3) is 5.91 Å². The Morgan fingerprint density at radius 3 is 2.68 bits per heavy atom. The van der Waals surface area contributed by atoms with E-state index in [0.29, 0.717) is 11.4 Å². The summed E-state index contributed by atoms with van der Waals surface area (Å²) in [5.41, 5.74) is 2.40. The number of aliphatic imine (C=N–C) groups is 1. The van der Waals surface area contributed by atoms with Crippen molar-refractivity contribution >= 4 is 29.7 Å². The van der Waals surface area contributed by atoms with Gasteiger partial charge in [-0.3, -0.25) is 19.9 Å². The van der Waals surface area contributed by atoms with E-state index in [9.17, 15) is 14.4 Å². The second-order valence-electron chi connectivity index (χ2n) is 5.78. The Balaban J connectivity index is 1.83. The van der Waals surface area contributed by atoms with Crippen molar-refractivity contribution in [1.29, 1.82) is 0 Å². The number of benzene rings is 1. The molecule has 7 nitrogen and oxygen atoms in total. The standard InChI is InChI=1S/C18H17N3O4/c1-11-5-6-13(8-12(11)2)21-17(23)15(16(22)20-18(21)24)10-19-9-14-4-3-7-25-14/h3-8,10,15H,9H2,1-2H3,(H,20,22,24)/t15-/m1/s1. The molecule has 3 rings (SSSR count). The third-order valence-corrected chi connectivity index (χ3v) is 4.03. The maximum Gasteiger partial charge on any atom is 0.335 e. The summed E-state index contributed by atoms with van der Waals surface area (Å²) in [6, 6.07) is 7.94. The number of hydrogen-bond donors (Lipinski definition) is 1. The van der Waals surface area contributed by atoms with Gasteiger partial charge in [-0.15, -0.1) is 0 Å². The van der Waals surface area contributed by atoms with E-state index in [2.05, 4.69) is 10.3 Å². The zero-order valence-electron chi connectivity index (χ0n) is 13.9. The highest BCUT2D eigenvalue weighted by molar-refractivity contribution is 6.32. The van der Waals surface area contributed by atoms with E-state index >= 15 is 0 Å². The molecule has 0 bridgehead atoms. The molecular formula is C18H17N3O4. The molecule has 0 aliphatic carbocycles. The second kappa shape index (κ2) is 6.72. The number of nitrogens with zero attached hydrogens (tertiary/aromatic N) is 2. The van der Waals surface area contributed by atoms with Crippen LogP contribution in [0, 0.1) is 19.8 Å². The van der Waals surface area contributed by atoms with Gasteiger partial charge in [0.15, 0.2) is 5.92 Å². The van der Waals surface area contributed by atoms with Crippen LogP contribution in [0.5, 0.6) is 0 Å². The Kier molecular flexibility index (Phi) is 4.47. The number of amides is 4. The predicted molar refractivity (Wildman–Crippen MR) is 91.3 cm³/mol. The van der Waals surface area contributed by atoms with E-state index in [-0.39, 0.29) is 6.54 Å². The summed E-state index contributed by atoms with van der Waals surface area (Å²) in [4.78, 5) is 41.9. The minimum absolute atomic E-state index is 0.210. The first-order valence-corrected chi connectivity index (χ1v) is 7.76. The van der Waals surface area contributed by atoms with E-state index < -0.39 is 23.8 Å². The molecule has 0 spiro atoms. The molecule has 1 aromatic heterocycles. The molecule has 1 aliphatic heterocycles. The molecule has 0 radical (unpaired) electrons. The van der Waals surface area contributed by atoms with Crippen LogP contribution in [0.2, 0.25) is 0 Å². The van der Waals surface area contributed by atoms with Crippen molar-refractivity contribution in [2.24, 2.45) is 10.9 Å². The smallest absolute Gasteiger partial charge is 0.335 e. The number of carbonyl (C=O) groups is 3. The van der Waals surface area contributed by atoms with E-state index in [1.807, 2.05) is 19.9 Å². The van der Waals surface area contributed by atoms with Crippen LogP contribution in [-0.2, 0) is 16.1 Å². The first-order chi connectivity index (χ1) is 12.0. The van der Waals surface area contributed by atoms with Gasteiger partial charge in [-0.1, -0.05) is 6.07 Å². The van der Waals surface area contributed by atoms with Gasteiger partial charge >= 0.3 is 6.03 Å². The lowest BCUT2D eigenvalue weighted by molar-refractivity contribution is -0.131. The van der Waals surface area contributed by atoms with Crippen LogP contribution < -0.4 is 10.2 Å². The van der Waals surface area contributed by atoms with Crippen LogP contribution >= 0.6 is 0 Å². The maximum atomic E-state index is 12.7. The third kappa shape index (κ3) is 3.35. The number of furan rings is 1. The van der Waals surface area contributed by atoms with E-state index in [4.69, 9.17) is 4.42 Å². The number of nitrogens with one attached hydrogen (secondary N) is 1. The van der Waals surface area contributed by atoms with Gasteiger partial charge in [0.2, 0.25) is 5.91 Å². The predicted octanol–water partition coefficient (Wildman–Crippen LogP) is 2.37. The molecule has 4 amide bonds. The minimum Gasteiger partial charge on any atom is -0.467 e. The number of imide groups is 2. The number of anilines is 1. The maximum absolute atomic E-state index is 12.7. The normalized spacial score (nSPS) is 18.1. The zero-order valence-corrected chi connectivity index (χ0v) is 13.9. The lowest BCUT2D eigenvalue weighted by Crippen LogP contribution is -2.58. The molecule has 0 unspecified atom stereocenters. The Morgan fingerprint density at radius 2 is 2.00 bits per heavy atom. The van der Waals surface area contributed by atoms with Crippen LogP contribution in [0.4, 0.5) is 10.5 Å². The van der Waals surface area contributed by atoms with Crippen molar-refractivity contribution in [1.82, 2.24) is 5.32 Å². The first kappa shape index (κ1) is 16.6. The largest absolute Gasteiger partial charge is 0.467 e. The number of barbiturate groups is 1. The van der Waals surface area contributed by atoms with Crippen LogP contribution in [0.1, 0.15) is 16.9 Å². The fraction of sp³-hybridized carbons (Fsp3) is 0.222. The lowest BCUT2D eigenvalue weighted by atomic mass is 10.0. The number of hydrogen-bond acceptors (Lipinski definition) is 5. The summed E-state index contributed by atoms with van der Waals surface area (Å²) in [6.07, 6.45) is 2.77. The van der Waals surface area contributed by atoms with Crippen LogP contribution in [0.25, 0.3) is 0 Å². The van der Waals surface area contributed by atoms with E-state index in [1.165, 1.54) is 12.5 Å². The van der Waals surface area contributed by atoms with Gasteiger partial charge in [-0.2, -0.15) is 0 Å². The number of rotatable bonds is 4. The van der Waals surface area contributed by atoms with Crippen LogP contribution in [0.15, 0.2) is 46.0 Å². The molecule has 1 fully saturated rings. The highest BCUT2D eigenvalue weighted by Crippen LogP contribution is 2.23. The van der Waals surface area contributed by atoms with Crippen LogP contribution in [0.3, 0.4) is 0 Å². The Labute approximate surface area is 144 Å². The fourth-order valence-corrected chi connectivity index (χ4v) is 2.48. The van der Waals surface area contributed by atoms with E-state index in [0.717, 1.165) is 16.0 Å². The number of urea groups is 1. The Morgan fingerprint density at radius 1 is 1.20 bits per heavy atom. The molecular weight excluding hydrogens is 322 g/mol. The van der Waals surface area contributed by atoms with Crippen LogP contribution in [-0.4, -0.2) is 24.1 Å². The number of aryl methyl sites for hydroxylation is 2. The van der Waals surface area contributed by atoms with Gasteiger partial charge in [-0.25, -0.2) is 9.69 Å². The van der Waals surface area contributed by atoms with Gasteiger partial charge in [0.05, 0.1) is 18.5 Å². The van der Waals surface area contributed by atoms with E-state index in [1.54, 1.807) is 24.3 Å². The molecule has 128 valence electrons. The van der Waals surface area contributed by atoms with Crippen molar-refractivity contribution in [2.75, 3.05) is 4.90 Å². The van der Waals surface area contributed by atoms with Gasteiger partial charge in [0, 0.05) is 6.21 Å². The average molecular weight is 339 g/mol. The topological polar surface area (TPSA) is 92.0 Å². The van der Waals surface area contributed by atoms with Gasteiger partial charge in [-0.05, 0) is 49.2 Å². The van der Waals surface area contributed by atoms with Crippen molar-refractivity contribution in [3.8, 4) is 0 Å². The molecule has 1 atom stereocenters. The molecule has 25 heavy (non-hydrogen) atoms. The molecule has 1 aromatic carbocycles. The molecule has 7 heteroatoms. The van der Waals surface area contributed by atoms with Gasteiger partial charge in [0.1, 0.15) is 5.76 Å². The third-order valence-electron chi connectivity index (χ3n) is 4.03. The zero-order chi connectivity index (χ0) is 18.0. The first-order valence-electron chi connectivity index (χ1n) is 7.76. The van der Waals surface area contributed by atoms with Crippen molar-refractivity contribution in [3.05, 3.63) is 53.5 Å². The molecule has 1 saturated heterocycles. The second-order valence-corrected chi connectivity index (χ2v) is 5.78. The molecule has 2 aromatic rings. The summed E-state index contributed by atoms with van der Waals surface area (Å²) in [6.45, 7) is 4.03. The quantitative estimate of drug-likeness (QED) is 0.684. The van der Waals surface area contributed by atoms with Crippen molar-refractivity contribution in [2.45, 2.75) is 20.4 Å².